The number of hydrogen-bond donors (Lipinski definition) is 0. The second kappa shape index (κ2) is 8.57. The molecule has 156 valence electrons. The summed E-state index contributed by atoms with van der Waals surface area (Å²) in [5.41, 5.74) is 0.0624. The lowest BCUT2D eigenvalue weighted by Gasteiger charge is -2.37. The number of hydrogen-bond acceptors (Lipinski definition) is 4. The van der Waals surface area contributed by atoms with E-state index >= 15 is 0 Å². The quantitative estimate of drug-likeness (QED) is 0.700. The SMILES string of the molecule is CC(C)n1c(N2CCN(C(=O)c3ccccc3Br)CC2)cc(=O)n(C(C)C)c1=O. The number of carbonyl (C=O) groups is 1. The Labute approximate surface area is 178 Å². The Morgan fingerprint density at radius 3 is 2.07 bits per heavy atom. The largest absolute Gasteiger partial charge is 0.354 e. The Balaban J connectivity index is 1.86. The summed E-state index contributed by atoms with van der Waals surface area (Å²) in [7, 11) is 0. The summed E-state index contributed by atoms with van der Waals surface area (Å²) in [6.07, 6.45) is 0. The summed E-state index contributed by atoms with van der Waals surface area (Å²) in [4.78, 5) is 42.2. The van der Waals surface area contributed by atoms with Crippen LogP contribution in [0, 0.1) is 0 Å². The molecular weight excluding hydrogens is 436 g/mol. The standard InChI is InChI=1S/C21H27BrN4O3/c1-14(2)25-18(13-19(27)26(15(3)4)21(25)29)23-9-11-24(12-10-23)20(28)16-7-5-6-8-17(16)22/h5-8,13-15H,9-12H2,1-4H3. The van der Waals surface area contributed by atoms with Gasteiger partial charge in [-0.2, -0.15) is 0 Å². The third-order valence-electron chi connectivity index (χ3n) is 5.18. The van der Waals surface area contributed by atoms with Gasteiger partial charge in [-0.15, -0.1) is 0 Å². The number of anilines is 1. The maximum atomic E-state index is 13.0. The van der Waals surface area contributed by atoms with Crippen molar-refractivity contribution in [3.05, 3.63) is 61.2 Å². The van der Waals surface area contributed by atoms with E-state index in [4.69, 9.17) is 0 Å². The summed E-state index contributed by atoms with van der Waals surface area (Å²) in [6.45, 7) is 9.72. The monoisotopic (exact) mass is 462 g/mol. The van der Waals surface area contributed by atoms with Crippen molar-refractivity contribution in [3.63, 3.8) is 0 Å². The zero-order chi connectivity index (χ0) is 21.3. The highest BCUT2D eigenvalue weighted by molar-refractivity contribution is 9.10. The molecule has 1 fully saturated rings. The van der Waals surface area contributed by atoms with Gasteiger partial charge in [0, 0.05) is 48.8 Å². The van der Waals surface area contributed by atoms with Crippen LogP contribution in [0.25, 0.3) is 0 Å². The number of carbonyl (C=O) groups excluding carboxylic acids is 1. The van der Waals surface area contributed by atoms with Crippen LogP contribution in [0.3, 0.4) is 0 Å². The summed E-state index contributed by atoms with van der Waals surface area (Å²) in [5.74, 6) is 0.605. The van der Waals surface area contributed by atoms with Crippen LogP contribution in [-0.2, 0) is 0 Å². The molecular formula is C21H27BrN4O3. The smallest absolute Gasteiger partial charge is 0.333 e. The molecule has 1 aromatic heterocycles. The molecule has 7 nitrogen and oxygen atoms in total. The maximum Gasteiger partial charge on any atom is 0.333 e. The van der Waals surface area contributed by atoms with E-state index in [1.807, 2.05) is 55.7 Å². The summed E-state index contributed by atoms with van der Waals surface area (Å²) >= 11 is 3.44. The number of amides is 1. The van der Waals surface area contributed by atoms with Gasteiger partial charge >= 0.3 is 5.69 Å². The van der Waals surface area contributed by atoms with Gasteiger partial charge in [0.2, 0.25) is 0 Å². The highest BCUT2D eigenvalue weighted by Gasteiger charge is 2.26. The molecule has 1 amide bonds. The first-order valence-corrected chi connectivity index (χ1v) is 10.7. The molecule has 3 rings (SSSR count). The predicted octanol–water partition coefficient (Wildman–Crippen LogP) is 2.90. The Morgan fingerprint density at radius 2 is 1.52 bits per heavy atom. The van der Waals surface area contributed by atoms with E-state index in [0.717, 1.165) is 4.47 Å². The zero-order valence-electron chi connectivity index (χ0n) is 17.3. The van der Waals surface area contributed by atoms with Crippen LogP contribution in [-0.4, -0.2) is 46.1 Å². The van der Waals surface area contributed by atoms with Gasteiger partial charge in [0.05, 0.1) is 5.56 Å². The minimum absolute atomic E-state index is 0.0198. The number of halogens is 1. The van der Waals surface area contributed by atoms with Crippen molar-refractivity contribution in [2.75, 3.05) is 31.1 Å². The van der Waals surface area contributed by atoms with Gasteiger partial charge in [0.1, 0.15) is 5.82 Å². The first-order valence-electron chi connectivity index (χ1n) is 9.89. The minimum Gasteiger partial charge on any atom is -0.354 e. The van der Waals surface area contributed by atoms with Crippen molar-refractivity contribution >= 4 is 27.7 Å². The molecule has 0 saturated carbocycles. The van der Waals surface area contributed by atoms with Crippen molar-refractivity contribution in [1.29, 1.82) is 0 Å². The molecule has 8 heteroatoms. The second-order valence-electron chi connectivity index (χ2n) is 7.81. The van der Waals surface area contributed by atoms with E-state index in [1.165, 1.54) is 4.57 Å². The van der Waals surface area contributed by atoms with Crippen LogP contribution in [0.1, 0.15) is 50.1 Å². The predicted molar refractivity (Wildman–Crippen MR) is 118 cm³/mol. The Bertz CT molecular complexity index is 1020. The number of piperazine rings is 1. The van der Waals surface area contributed by atoms with Gasteiger partial charge in [0.25, 0.3) is 11.5 Å². The minimum atomic E-state index is -0.288. The maximum absolute atomic E-state index is 13.0. The lowest BCUT2D eigenvalue weighted by Crippen LogP contribution is -2.51. The second-order valence-corrected chi connectivity index (χ2v) is 8.66. The van der Waals surface area contributed by atoms with E-state index in [-0.39, 0.29) is 29.2 Å². The Kier molecular flexibility index (Phi) is 6.31. The first-order chi connectivity index (χ1) is 13.7. The highest BCUT2D eigenvalue weighted by atomic mass is 79.9. The zero-order valence-corrected chi connectivity index (χ0v) is 18.8. The summed E-state index contributed by atoms with van der Waals surface area (Å²) < 4.78 is 3.74. The summed E-state index contributed by atoms with van der Waals surface area (Å²) in [5, 5.41) is 0. The third kappa shape index (κ3) is 4.17. The Morgan fingerprint density at radius 1 is 0.931 bits per heavy atom. The number of aromatic nitrogens is 2. The number of nitrogens with zero attached hydrogens (tertiary/aromatic N) is 4. The van der Waals surface area contributed by atoms with Crippen molar-refractivity contribution in [1.82, 2.24) is 14.0 Å². The normalized spacial score (nSPS) is 14.7. The molecule has 0 bridgehead atoms. The van der Waals surface area contributed by atoms with Gasteiger partial charge in [-0.25, -0.2) is 4.79 Å². The average Bonchev–Trinajstić information content (AvgIpc) is 2.67. The summed E-state index contributed by atoms with van der Waals surface area (Å²) in [6, 6.07) is 8.65. The van der Waals surface area contributed by atoms with E-state index in [2.05, 4.69) is 15.9 Å². The average molecular weight is 463 g/mol. The van der Waals surface area contributed by atoms with Crippen molar-refractivity contribution in [2.24, 2.45) is 0 Å². The van der Waals surface area contributed by atoms with Gasteiger partial charge < -0.3 is 9.80 Å². The lowest BCUT2D eigenvalue weighted by atomic mass is 10.2. The van der Waals surface area contributed by atoms with Crippen LogP contribution < -0.4 is 16.1 Å². The van der Waals surface area contributed by atoms with Crippen LogP contribution in [0.4, 0.5) is 5.82 Å². The molecule has 2 heterocycles. The van der Waals surface area contributed by atoms with E-state index in [1.54, 1.807) is 16.7 Å². The molecule has 1 aliphatic rings. The van der Waals surface area contributed by atoms with Crippen molar-refractivity contribution in [3.8, 4) is 0 Å². The number of rotatable bonds is 4. The molecule has 1 aliphatic heterocycles. The van der Waals surface area contributed by atoms with Gasteiger partial charge in [-0.05, 0) is 55.8 Å². The fraction of sp³-hybridized carbons (Fsp3) is 0.476. The molecule has 1 aromatic carbocycles. The molecule has 0 N–H and O–H groups in total. The third-order valence-corrected chi connectivity index (χ3v) is 5.87. The molecule has 1 saturated heterocycles. The molecule has 0 aliphatic carbocycles. The van der Waals surface area contributed by atoms with E-state index < -0.39 is 0 Å². The van der Waals surface area contributed by atoms with Gasteiger partial charge in [0.15, 0.2) is 0 Å². The first kappa shape index (κ1) is 21.4. The fourth-order valence-electron chi connectivity index (χ4n) is 3.71. The molecule has 0 radical (unpaired) electrons. The van der Waals surface area contributed by atoms with Crippen LogP contribution in [0.5, 0.6) is 0 Å². The van der Waals surface area contributed by atoms with Crippen molar-refractivity contribution in [2.45, 2.75) is 39.8 Å². The molecule has 2 aromatic rings. The van der Waals surface area contributed by atoms with Crippen LogP contribution in [0.15, 0.2) is 44.4 Å². The molecule has 0 unspecified atom stereocenters. The van der Waals surface area contributed by atoms with Gasteiger partial charge in [-0.1, -0.05) is 12.1 Å². The Hall–Kier alpha value is -2.35. The number of benzene rings is 1. The topological polar surface area (TPSA) is 67.5 Å². The molecule has 0 atom stereocenters. The molecule has 0 spiro atoms. The van der Waals surface area contributed by atoms with Gasteiger partial charge in [-0.3, -0.25) is 18.7 Å². The molecule has 29 heavy (non-hydrogen) atoms. The lowest BCUT2D eigenvalue weighted by molar-refractivity contribution is 0.0745. The van der Waals surface area contributed by atoms with Crippen LogP contribution in [0.2, 0.25) is 0 Å². The van der Waals surface area contributed by atoms with E-state index in [0.29, 0.717) is 37.6 Å². The van der Waals surface area contributed by atoms with E-state index in [9.17, 15) is 14.4 Å². The van der Waals surface area contributed by atoms with Crippen LogP contribution >= 0.6 is 15.9 Å². The highest BCUT2D eigenvalue weighted by Crippen LogP contribution is 2.21. The fourth-order valence-corrected chi connectivity index (χ4v) is 4.16. The van der Waals surface area contributed by atoms with Crippen molar-refractivity contribution < 1.29 is 4.79 Å².